The van der Waals surface area contributed by atoms with Crippen molar-refractivity contribution in [3.8, 4) is 0 Å². The number of hydrogen-bond acceptors (Lipinski definition) is 2. The highest BCUT2D eigenvalue weighted by Crippen LogP contribution is 2.20. The first-order chi connectivity index (χ1) is 9.61. The zero-order valence-electron chi connectivity index (χ0n) is 11.4. The van der Waals surface area contributed by atoms with E-state index in [-0.39, 0.29) is 11.6 Å². The molecule has 1 atom stereocenters. The van der Waals surface area contributed by atoms with Gasteiger partial charge in [-0.1, -0.05) is 18.2 Å². The predicted molar refractivity (Wildman–Crippen MR) is 77.6 cm³/mol. The highest BCUT2D eigenvalue weighted by Gasteiger charge is 2.14. The van der Waals surface area contributed by atoms with Crippen molar-refractivity contribution in [1.82, 2.24) is 0 Å². The van der Waals surface area contributed by atoms with Gasteiger partial charge < -0.3 is 10.6 Å². The van der Waals surface area contributed by atoms with E-state index < -0.39 is 6.04 Å². The Kier molecular flexibility index (Phi) is 4.69. The normalized spacial score (nSPS) is 12.2. The largest absolute Gasteiger partial charge is 0.370 e. The Labute approximate surface area is 117 Å². The number of rotatable bonds is 5. The maximum absolute atomic E-state index is 13.7. The fourth-order valence-electron chi connectivity index (χ4n) is 2.18. The zero-order valence-corrected chi connectivity index (χ0v) is 11.4. The predicted octanol–water partition coefficient (Wildman–Crippen LogP) is 3.49. The molecule has 0 fully saturated rings. The summed E-state index contributed by atoms with van der Waals surface area (Å²) in [5.41, 5.74) is 7.45. The molecule has 2 rings (SSSR count). The molecule has 0 spiro atoms. The molecular formula is C16H18F2N2. The lowest BCUT2D eigenvalue weighted by atomic mass is 10.1. The van der Waals surface area contributed by atoms with Gasteiger partial charge in [-0.2, -0.15) is 0 Å². The lowest BCUT2D eigenvalue weighted by Gasteiger charge is -2.27. The molecule has 0 saturated heterocycles. The van der Waals surface area contributed by atoms with Crippen LogP contribution in [0.1, 0.15) is 18.5 Å². The molecule has 0 amide bonds. The van der Waals surface area contributed by atoms with Gasteiger partial charge in [0.25, 0.3) is 0 Å². The van der Waals surface area contributed by atoms with E-state index in [0.29, 0.717) is 18.7 Å². The van der Waals surface area contributed by atoms with Crippen LogP contribution in [0.25, 0.3) is 0 Å². The SMILES string of the molecule is CCN(CC(N)c1ccccc1F)c1ccc(F)cc1. The molecule has 0 aromatic heterocycles. The van der Waals surface area contributed by atoms with Gasteiger partial charge in [-0.05, 0) is 37.3 Å². The Balaban J connectivity index is 2.14. The van der Waals surface area contributed by atoms with Crippen molar-refractivity contribution in [2.75, 3.05) is 18.0 Å². The summed E-state index contributed by atoms with van der Waals surface area (Å²) >= 11 is 0. The third-order valence-electron chi connectivity index (χ3n) is 3.30. The highest BCUT2D eigenvalue weighted by molar-refractivity contribution is 5.46. The molecule has 20 heavy (non-hydrogen) atoms. The molecule has 1 unspecified atom stereocenters. The second-order valence-electron chi connectivity index (χ2n) is 4.64. The quantitative estimate of drug-likeness (QED) is 0.905. The van der Waals surface area contributed by atoms with Crippen molar-refractivity contribution in [2.45, 2.75) is 13.0 Å². The van der Waals surface area contributed by atoms with Crippen LogP contribution in [0, 0.1) is 11.6 Å². The van der Waals surface area contributed by atoms with Gasteiger partial charge in [0.2, 0.25) is 0 Å². The van der Waals surface area contributed by atoms with E-state index in [9.17, 15) is 8.78 Å². The highest BCUT2D eigenvalue weighted by atomic mass is 19.1. The van der Waals surface area contributed by atoms with Crippen LogP contribution in [-0.4, -0.2) is 13.1 Å². The Bertz CT molecular complexity index is 555. The van der Waals surface area contributed by atoms with Crippen molar-refractivity contribution >= 4 is 5.69 Å². The minimum Gasteiger partial charge on any atom is -0.370 e. The summed E-state index contributed by atoms with van der Waals surface area (Å²) in [5, 5.41) is 0. The number of likely N-dealkylation sites (N-methyl/N-ethyl adjacent to an activating group) is 1. The van der Waals surface area contributed by atoms with Gasteiger partial charge in [-0.25, -0.2) is 8.78 Å². The van der Waals surface area contributed by atoms with Gasteiger partial charge >= 0.3 is 0 Å². The van der Waals surface area contributed by atoms with E-state index in [2.05, 4.69) is 0 Å². The van der Waals surface area contributed by atoms with Crippen molar-refractivity contribution < 1.29 is 8.78 Å². The van der Waals surface area contributed by atoms with Crippen LogP contribution in [0.4, 0.5) is 14.5 Å². The number of nitrogens with zero attached hydrogens (tertiary/aromatic N) is 1. The molecule has 0 aliphatic heterocycles. The van der Waals surface area contributed by atoms with Gasteiger partial charge in [0, 0.05) is 24.3 Å². The average molecular weight is 276 g/mol. The van der Waals surface area contributed by atoms with E-state index in [1.54, 1.807) is 30.3 Å². The van der Waals surface area contributed by atoms with Crippen LogP contribution in [0.5, 0.6) is 0 Å². The fraction of sp³-hybridized carbons (Fsp3) is 0.250. The fourth-order valence-corrected chi connectivity index (χ4v) is 2.18. The van der Waals surface area contributed by atoms with E-state index in [1.807, 2.05) is 11.8 Å². The Hall–Kier alpha value is -1.94. The smallest absolute Gasteiger partial charge is 0.128 e. The van der Waals surface area contributed by atoms with E-state index >= 15 is 0 Å². The Morgan fingerprint density at radius 2 is 1.70 bits per heavy atom. The molecule has 0 saturated carbocycles. The Morgan fingerprint density at radius 3 is 2.30 bits per heavy atom. The standard InChI is InChI=1S/C16H18F2N2/c1-2-20(13-9-7-12(17)8-10-13)11-16(19)14-5-3-4-6-15(14)18/h3-10,16H,2,11,19H2,1H3. The monoisotopic (exact) mass is 276 g/mol. The molecule has 0 heterocycles. The number of benzene rings is 2. The van der Waals surface area contributed by atoms with Crippen molar-refractivity contribution in [3.63, 3.8) is 0 Å². The minimum atomic E-state index is -0.429. The maximum atomic E-state index is 13.7. The molecule has 2 aromatic carbocycles. The van der Waals surface area contributed by atoms with Gasteiger partial charge in [0.05, 0.1) is 6.04 Å². The lowest BCUT2D eigenvalue weighted by molar-refractivity contribution is 0.575. The van der Waals surface area contributed by atoms with Crippen molar-refractivity contribution in [3.05, 3.63) is 65.7 Å². The first-order valence-corrected chi connectivity index (χ1v) is 6.62. The molecule has 0 aliphatic rings. The topological polar surface area (TPSA) is 29.3 Å². The molecule has 0 bridgehead atoms. The summed E-state index contributed by atoms with van der Waals surface area (Å²) in [6.07, 6.45) is 0. The summed E-state index contributed by atoms with van der Waals surface area (Å²) in [4.78, 5) is 2.00. The number of hydrogen-bond donors (Lipinski definition) is 1. The molecule has 2 N–H and O–H groups in total. The summed E-state index contributed by atoms with van der Waals surface area (Å²) in [7, 11) is 0. The first kappa shape index (κ1) is 14.5. The zero-order chi connectivity index (χ0) is 14.5. The molecule has 0 aliphatic carbocycles. The summed E-state index contributed by atoms with van der Waals surface area (Å²) < 4.78 is 26.6. The summed E-state index contributed by atoms with van der Waals surface area (Å²) in [6, 6.07) is 12.3. The summed E-state index contributed by atoms with van der Waals surface area (Å²) in [6.45, 7) is 3.17. The number of halogens is 2. The number of nitrogens with two attached hydrogens (primary N) is 1. The maximum Gasteiger partial charge on any atom is 0.128 e. The van der Waals surface area contributed by atoms with Crippen LogP contribution >= 0.6 is 0 Å². The van der Waals surface area contributed by atoms with Crippen LogP contribution in [0.15, 0.2) is 48.5 Å². The molecule has 106 valence electrons. The van der Waals surface area contributed by atoms with E-state index in [0.717, 1.165) is 5.69 Å². The molecule has 4 heteroatoms. The van der Waals surface area contributed by atoms with Gasteiger partial charge in [0.15, 0.2) is 0 Å². The first-order valence-electron chi connectivity index (χ1n) is 6.62. The molecule has 0 radical (unpaired) electrons. The van der Waals surface area contributed by atoms with Crippen LogP contribution in [-0.2, 0) is 0 Å². The van der Waals surface area contributed by atoms with Gasteiger partial charge in [-0.3, -0.25) is 0 Å². The number of anilines is 1. The van der Waals surface area contributed by atoms with E-state index in [1.165, 1.54) is 18.2 Å². The van der Waals surface area contributed by atoms with E-state index in [4.69, 9.17) is 5.73 Å². The third kappa shape index (κ3) is 3.33. The second-order valence-corrected chi connectivity index (χ2v) is 4.64. The second kappa shape index (κ2) is 6.48. The van der Waals surface area contributed by atoms with Crippen molar-refractivity contribution in [1.29, 1.82) is 0 Å². The Morgan fingerprint density at radius 1 is 1.05 bits per heavy atom. The molecule has 2 aromatic rings. The molecular weight excluding hydrogens is 258 g/mol. The van der Waals surface area contributed by atoms with Crippen LogP contribution < -0.4 is 10.6 Å². The summed E-state index contributed by atoms with van der Waals surface area (Å²) in [5.74, 6) is -0.571. The van der Waals surface area contributed by atoms with Gasteiger partial charge in [-0.15, -0.1) is 0 Å². The molecule has 2 nitrogen and oxygen atoms in total. The van der Waals surface area contributed by atoms with Crippen LogP contribution in [0.3, 0.4) is 0 Å². The van der Waals surface area contributed by atoms with Gasteiger partial charge in [0.1, 0.15) is 11.6 Å². The average Bonchev–Trinajstić information content (AvgIpc) is 2.46. The third-order valence-corrected chi connectivity index (χ3v) is 3.30. The van der Waals surface area contributed by atoms with Crippen molar-refractivity contribution in [2.24, 2.45) is 5.73 Å². The van der Waals surface area contributed by atoms with Crippen LogP contribution in [0.2, 0.25) is 0 Å². The lowest BCUT2D eigenvalue weighted by Crippen LogP contribution is -2.32. The minimum absolute atomic E-state index is 0.275.